The summed E-state index contributed by atoms with van der Waals surface area (Å²) in [5, 5.41) is 9.39. The van der Waals surface area contributed by atoms with Crippen molar-refractivity contribution in [3.63, 3.8) is 0 Å². The first kappa shape index (κ1) is 13.4. The lowest BCUT2D eigenvalue weighted by Crippen LogP contribution is -2.48. The van der Waals surface area contributed by atoms with E-state index in [4.69, 9.17) is 0 Å². The molecule has 0 aliphatic heterocycles. The van der Waals surface area contributed by atoms with Crippen molar-refractivity contribution in [1.82, 2.24) is 0 Å². The molecule has 100 valence electrons. The first-order chi connectivity index (χ1) is 8.89. The summed E-state index contributed by atoms with van der Waals surface area (Å²) in [6, 6.07) is 7.48. The lowest BCUT2D eigenvalue weighted by Gasteiger charge is -2.36. The van der Waals surface area contributed by atoms with Crippen LogP contribution < -0.4 is 0 Å². The average Bonchev–Trinajstić information content (AvgIpc) is 2.38. The molecule has 1 aromatic carbocycles. The lowest BCUT2D eigenvalue weighted by atomic mass is 9.67. The molecule has 2 atom stereocenters. The van der Waals surface area contributed by atoms with Gasteiger partial charge in [0, 0.05) is 0 Å². The van der Waals surface area contributed by atoms with Crippen molar-refractivity contribution < 1.29 is 23.1 Å². The fourth-order valence-corrected chi connectivity index (χ4v) is 2.32. The van der Waals surface area contributed by atoms with E-state index in [2.05, 4.69) is 0 Å². The zero-order chi connectivity index (χ0) is 14.1. The molecule has 0 aromatic heterocycles. The highest BCUT2D eigenvalue weighted by Crippen LogP contribution is 2.46. The van der Waals surface area contributed by atoms with Crippen molar-refractivity contribution in [3.05, 3.63) is 60.2 Å². The highest BCUT2D eigenvalue weighted by molar-refractivity contribution is 5.85. The van der Waals surface area contributed by atoms with E-state index in [1.165, 1.54) is 36.4 Å². The predicted molar refractivity (Wildman–Crippen MR) is 63.6 cm³/mol. The third kappa shape index (κ3) is 2.16. The second-order valence-corrected chi connectivity index (χ2v) is 4.30. The number of carboxylic acid groups (broad SMARTS) is 1. The van der Waals surface area contributed by atoms with E-state index in [9.17, 15) is 23.1 Å². The molecule has 0 saturated heterocycles. The molecule has 0 bridgehead atoms. The Hall–Kier alpha value is -2.04. The van der Waals surface area contributed by atoms with E-state index in [1.807, 2.05) is 0 Å². The van der Waals surface area contributed by atoms with Crippen LogP contribution in [0.5, 0.6) is 0 Å². The zero-order valence-electron chi connectivity index (χ0n) is 9.76. The molecule has 0 fully saturated rings. The van der Waals surface area contributed by atoms with Gasteiger partial charge in [0.2, 0.25) is 0 Å². The Morgan fingerprint density at radius 1 is 1.16 bits per heavy atom. The summed E-state index contributed by atoms with van der Waals surface area (Å²) in [5.41, 5.74) is -1.99. The highest BCUT2D eigenvalue weighted by Gasteiger charge is 2.57. The quantitative estimate of drug-likeness (QED) is 0.893. The van der Waals surface area contributed by atoms with Crippen LogP contribution in [0.25, 0.3) is 0 Å². The third-order valence-electron chi connectivity index (χ3n) is 3.22. The number of halogens is 3. The minimum atomic E-state index is -4.63. The van der Waals surface area contributed by atoms with Crippen LogP contribution in [0.1, 0.15) is 5.56 Å². The van der Waals surface area contributed by atoms with Gasteiger partial charge in [0.25, 0.3) is 0 Å². The topological polar surface area (TPSA) is 37.3 Å². The van der Waals surface area contributed by atoms with Crippen LogP contribution >= 0.6 is 0 Å². The zero-order valence-corrected chi connectivity index (χ0v) is 9.76. The Morgan fingerprint density at radius 2 is 1.79 bits per heavy atom. The van der Waals surface area contributed by atoms with Crippen molar-refractivity contribution in [2.45, 2.75) is 11.6 Å². The van der Waals surface area contributed by atoms with Crippen LogP contribution in [0.2, 0.25) is 0 Å². The number of aliphatic carboxylic acids is 1. The van der Waals surface area contributed by atoms with Gasteiger partial charge in [-0.2, -0.15) is 13.2 Å². The van der Waals surface area contributed by atoms with Gasteiger partial charge in [-0.15, -0.1) is 0 Å². The number of hydrogen-bond acceptors (Lipinski definition) is 1. The van der Waals surface area contributed by atoms with Crippen LogP contribution in [0.4, 0.5) is 13.2 Å². The molecular weight excluding hydrogens is 257 g/mol. The molecule has 5 heteroatoms. The first-order valence-electron chi connectivity index (χ1n) is 5.60. The largest absolute Gasteiger partial charge is 0.480 e. The number of alkyl halides is 3. The van der Waals surface area contributed by atoms with Gasteiger partial charge < -0.3 is 5.11 Å². The molecule has 1 aromatic rings. The first-order valence-corrected chi connectivity index (χ1v) is 5.60. The van der Waals surface area contributed by atoms with Crippen LogP contribution in [-0.2, 0) is 10.2 Å². The van der Waals surface area contributed by atoms with Gasteiger partial charge in [-0.1, -0.05) is 54.6 Å². The van der Waals surface area contributed by atoms with E-state index >= 15 is 0 Å². The number of hydrogen-bond donors (Lipinski definition) is 1. The van der Waals surface area contributed by atoms with Crippen molar-refractivity contribution in [2.75, 3.05) is 0 Å². The minimum absolute atomic E-state index is 0.116. The summed E-state index contributed by atoms with van der Waals surface area (Å²) in [4.78, 5) is 11.5. The summed E-state index contributed by atoms with van der Waals surface area (Å²) in [6.07, 6.45) is -0.0783. The van der Waals surface area contributed by atoms with Crippen molar-refractivity contribution in [3.8, 4) is 0 Å². The summed E-state index contributed by atoms with van der Waals surface area (Å²) in [5.74, 6) is -3.59. The van der Waals surface area contributed by atoms with Gasteiger partial charge in [0.1, 0.15) is 5.41 Å². The molecule has 2 unspecified atom stereocenters. The van der Waals surface area contributed by atoms with E-state index in [1.54, 1.807) is 6.07 Å². The average molecular weight is 268 g/mol. The van der Waals surface area contributed by atoms with Gasteiger partial charge in [0.05, 0.1) is 5.92 Å². The maximum Gasteiger partial charge on any atom is 0.396 e. The maximum atomic E-state index is 13.1. The molecule has 0 saturated carbocycles. The predicted octanol–water partition coefficient (Wildman–Crippen LogP) is 3.31. The molecule has 2 nitrogen and oxygen atoms in total. The van der Waals surface area contributed by atoms with Crippen LogP contribution in [-0.4, -0.2) is 17.3 Å². The van der Waals surface area contributed by atoms with Crippen LogP contribution in [0.15, 0.2) is 54.6 Å². The number of carboxylic acids is 1. The fourth-order valence-electron chi connectivity index (χ4n) is 2.32. The molecule has 0 radical (unpaired) electrons. The van der Waals surface area contributed by atoms with Gasteiger partial charge in [-0.25, -0.2) is 0 Å². The molecule has 1 aliphatic carbocycles. The molecule has 1 N–H and O–H groups in total. The maximum absolute atomic E-state index is 13.1. The number of carbonyl (C=O) groups is 1. The summed E-state index contributed by atoms with van der Waals surface area (Å²) < 4.78 is 39.4. The van der Waals surface area contributed by atoms with E-state index in [0.717, 1.165) is 12.2 Å². The molecule has 1 aliphatic rings. The van der Waals surface area contributed by atoms with Gasteiger partial charge >= 0.3 is 12.1 Å². The molecule has 19 heavy (non-hydrogen) atoms. The number of benzene rings is 1. The molecule has 0 heterocycles. The molecule has 2 rings (SSSR count). The Morgan fingerprint density at radius 3 is 2.32 bits per heavy atom. The molecular formula is C14H11F3O2. The summed E-state index contributed by atoms with van der Waals surface area (Å²) >= 11 is 0. The second kappa shape index (κ2) is 4.57. The van der Waals surface area contributed by atoms with Crippen molar-refractivity contribution >= 4 is 5.97 Å². The lowest BCUT2D eigenvalue weighted by molar-refractivity contribution is -0.185. The van der Waals surface area contributed by atoms with Gasteiger partial charge in [0.15, 0.2) is 0 Å². The van der Waals surface area contributed by atoms with E-state index in [-0.39, 0.29) is 5.56 Å². The van der Waals surface area contributed by atoms with Crippen molar-refractivity contribution in [1.29, 1.82) is 0 Å². The van der Waals surface area contributed by atoms with Crippen LogP contribution in [0, 0.1) is 5.92 Å². The Labute approximate surface area is 107 Å². The van der Waals surface area contributed by atoms with E-state index in [0.29, 0.717) is 0 Å². The minimum Gasteiger partial charge on any atom is -0.480 e. The SMILES string of the molecule is O=C(O)C1(c2ccccc2)C=CC=CC1C(F)(F)F. The Balaban J connectivity index is 2.65. The summed E-state index contributed by atoms with van der Waals surface area (Å²) in [6.45, 7) is 0. The third-order valence-corrected chi connectivity index (χ3v) is 3.22. The van der Waals surface area contributed by atoms with E-state index < -0.39 is 23.5 Å². The smallest absolute Gasteiger partial charge is 0.396 e. The highest BCUT2D eigenvalue weighted by atomic mass is 19.4. The molecule has 0 spiro atoms. The fraction of sp³-hybridized carbons (Fsp3) is 0.214. The van der Waals surface area contributed by atoms with Crippen molar-refractivity contribution in [2.24, 2.45) is 5.92 Å². The summed E-state index contributed by atoms with van der Waals surface area (Å²) in [7, 11) is 0. The molecule has 0 amide bonds. The number of allylic oxidation sites excluding steroid dienone is 3. The number of rotatable bonds is 2. The normalized spacial score (nSPS) is 26.4. The monoisotopic (exact) mass is 268 g/mol. The Kier molecular flexibility index (Phi) is 3.22. The standard InChI is InChI=1S/C14H11F3O2/c15-14(16,17)11-8-4-5-9-13(11,12(18)19)10-6-2-1-3-7-10/h1-9,11H,(H,18,19). The van der Waals surface area contributed by atoms with Gasteiger partial charge in [-0.3, -0.25) is 4.79 Å². The van der Waals surface area contributed by atoms with Gasteiger partial charge in [-0.05, 0) is 5.56 Å². The second-order valence-electron chi connectivity index (χ2n) is 4.30. The Bertz CT molecular complexity index is 531. The van der Waals surface area contributed by atoms with Crippen LogP contribution in [0.3, 0.4) is 0 Å².